The van der Waals surface area contributed by atoms with E-state index in [-0.39, 0.29) is 18.1 Å². The molecular formula is C17H15N3O2. The molecule has 1 aliphatic rings. The van der Waals surface area contributed by atoms with Crippen molar-refractivity contribution >= 4 is 18.0 Å². The number of urea groups is 1. The Morgan fingerprint density at radius 1 is 1.09 bits per heavy atom. The first-order chi connectivity index (χ1) is 10.7. The van der Waals surface area contributed by atoms with Gasteiger partial charge >= 0.3 is 6.03 Å². The molecule has 0 atom stereocenters. The Kier molecular flexibility index (Phi) is 3.62. The highest BCUT2D eigenvalue weighted by Crippen LogP contribution is 2.18. The van der Waals surface area contributed by atoms with Gasteiger partial charge in [-0.1, -0.05) is 24.3 Å². The first kappa shape index (κ1) is 13.9. The van der Waals surface area contributed by atoms with Crippen molar-refractivity contribution in [2.45, 2.75) is 0 Å². The quantitative estimate of drug-likeness (QED) is 0.535. The Bertz CT molecular complexity index is 759. The Labute approximate surface area is 128 Å². The van der Waals surface area contributed by atoms with Crippen molar-refractivity contribution in [1.82, 2.24) is 14.8 Å². The van der Waals surface area contributed by atoms with Crippen molar-refractivity contribution in [3.63, 3.8) is 0 Å². The molecule has 3 amide bonds. The van der Waals surface area contributed by atoms with E-state index in [1.807, 2.05) is 53.2 Å². The molecule has 5 heteroatoms. The Morgan fingerprint density at radius 2 is 1.86 bits per heavy atom. The molecule has 0 unspecified atom stereocenters. The van der Waals surface area contributed by atoms with Gasteiger partial charge in [-0.2, -0.15) is 0 Å². The van der Waals surface area contributed by atoms with Crippen molar-refractivity contribution in [1.29, 1.82) is 0 Å². The van der Waals surface area contributed by atoms with E-state index in [0.717, 1.165) is 16.3 Å². The first-order valence-corrected chi connectivity index (χ1v) is 6.89. The maximum Gasteiger partial charge on any atom is 0.329 e. The van der Waals surface area contributed by atoms with Crippen LogP contribution in [0.4, 0.5) is 4.79 Å². The molecule has 2 aromatic rings. The summed E-state index contributed by atoms with van der Waals surface area (Å²) in [6.45, 7) is 3.75. The Hall–Kier alpha value is -3.08. The summed E-state index contributed by atoms with van der Waals surface area (Å²) in [7, 11) is 0. The largest absolute Gasteiger partial charge is 0.329 e. The van der Waals surface area contributed by atoms with Crippen molar-refractivity contribution in [3.05, 3.63) is 72.7 Å². The van der Waals surface area contributed by atoms with Gasteiger partial charge in [0.1, 0.15) is 5.70 Å². The van der Waals surface area contributed by atoms with Crippen LogP contribution in [-0.4, -0.2) is 28.0 Å². The molecule has 1 aromatic carbocycles. The molecule has 0 aliphatic carbocycles. The summed E-state index contributed by atoms with van der Waals surface area (Å²) in [5, 5.41) is 2.59. The number of hydrogen-bond donors (Lipinski definition) is 1. The lowest BCUT2D eigenvalue weighted by Crippen LogP contribution is -2.30. The Morgan fingerprint density at radius 3 is 2.59 bits per heavy atom. The first-order valence-electron chi connectivity index (χ1n) is 6.89. The number of imide groups is 1. The third-order valence-corrected chi connectivity index (χ3v) is 3.38. The summed E-state index contributed by atoms with van der Waals surface area (Å²) in [6, 6.07) is 13.1. The Balaban J connectivity index is 1.94. The summed E-state index contributed by atoms with van der Waals surface area (Å²) in [4.78, 5) is 25.1. The molecule has 1 aromatic heterocycles. The molecule has 0 spiro atoms. The summed E-state index contributed by atoms with van der Waals surface area (Å²) in [6.07, 6.45) is 5.11. The molecule has 110 valence electrons. The zero-order valence-electron chi connectivity index (χ0n) is 11.9. The summed E-state index contributed by atoms with van der Waals surface area (Å²) < 4.78 is 1.95. The minimum Gasteiger partial charge on any atom is -0.317 e. The summed E-state index contributed by atoms with van der Waals surface area (Å²) in [5.74, 6) is -0.342. The lowest BCUT2D eigenvalue weighted by atomic mass is 10.3. The number of nitrogens with zero attached hydrogens (tertiary/aromatic N) is 2. The number of hydrogen-bond acceptors (Lipinski definition) is 2. The van der Waals surface area contributed by atoms with Crippen LogP contribution in [0.1, 0.15) is 5.69 Å². The second-order valence-electron chi connectivity index (χ2n) is 4.83. The van der Waals surface area contributed by atoms with Gasteiger partial charge in [0.15, 0.2) is 0 Å². The number of para-hydroxylation sites is 1. The molecule has 22 heavy (non-hydrogen) atoms. The molecule has 0 bridgehead atoms. The molecule has 2 heterocycles. The average Bonchev–Trinajstić information content (AvgIpc) is 3.09. The zero-order chi connectivity index (χ0) is 15.5. The smallest absolute Gasteiger partial charge is 0.317 e. The molecule has 1 saturated heterocycles. The van der Waals surface area contributed by atoms with Crippen LogP contribution in [0.2, 0.25) is 0 Å². The van der Waals surface area contributed by atoms with Gasteiger partial charge in [0.2, 0.25) is 0 Å². The average molecular weight is 293 g/mol. The maximum atomic E-state index is 12.2. The lowest BCUT2D eigenvalue weighted by molar-refractivity contribution is -0.122. The minimum absolute atomic E-state index is 0.196. The monoisotopic (exact) mass is 293 g/mol. The lowest BCUT2D eigenvalue weighted by Gasteiger charge is -2.07. The van der Waals surface area contributed by atoms with E-state index in [0.29, 0.717) is 0 Å². The summed E-state index contributed by atoms with van der Waals surface area (Å²) >= 11 is 0. The molecular weight excluding hydrogens is 278 g/mol. The van der Waals surface area contributed by atoms with E-state index in [1.165, 1.54) is 6.08 Å². The minimum atomic E-state index is -0.422. The molecule has 0 radical (unpaired) electrons. The van der Waals surface area contributed by atoms with Gasteiger partial charge in [-0.25, -0.2) is 4.79 Å². The third kappa shape index (κ3) is 2.44. The van der Waals surface area contributed by atoms with E-state index in [4.69, 9.17) is 0 Å². The second-order valence-corrected chi connectivity index (χ2v) is 4.83. The van der Waals surface area contributed by atoms with Crippen LogP contribution in [0.3, 0.4) is 0 Å². The number of carbonyl (C=O) groups excluding carboxylic acids is 2. The second kappa shape index (κ2) is 5.73. The highest BCUT2D eigenvalue weighted by atomic mass is 16.2. The highest BCUT2D eigenvalue weighted by molar-refractivity contribution is 6.14. The standard InChI is InChI=1S/C17H15N3O2/c1-2-10-20-16(21)15(18-17(20)22)12-14-9-6-11-19(14)13-7-4-3-5-8-13/h2-9,11-12H,1,10H2,(H,18,22)/b15-12+. The van der Waals surface area contributed by atoms with Gasteiger partial charge in [0.25, 0.3) is 5.91 Å². The highest BCUT2D eigenvalue weighted by Gasteiger charge is 2.32. The zero-order valence-corrected chi connectivity index (χ0v) is 11.9. The van der Waals surface area contributed by atoms with Crippen LogP contribution in [0.15, 0.2) is 67.0 Å². The SMILES string of the molecule is C=CCN1C(=O)N/C(=C/c2cccn2-c2ccccc2)C1=O. The van der Waals surface area contributed by atoms with E-state index >= 15 is 0 Å². The molecule has 3 rings (SSSR count). The molecule has 1 N–H and O–H groups in total. The third-order valence-electron chi connectivity index (χ3n) is 3.38. The number of nitrogens with one attached hydrogen (secondary N) is 1. The van der Waals surface area contributed by atoms with Gasteiger partial charge in [0.05, 0.1) is 0 Å². The van der Waals surface area contributed by atoms with E-state index in [1.54, 1.807) is 6.08 Å². The fourth-order valence-corrected chi connectivity index (χ4v) is 2.35. The molecule has 1 aliphatic heterocycles. The topological polar surface area (TPSA) is 54.3 Å². The van der Waals surface area contributed by atoms with Gasteiger partial charge in [-0.15, -0.1) is 6.58 Å². The van der Waals surface area contributed by atoms with E-state index in [2.05, 4.69) is 11.9 Å². The summed E-state index contributed by atoms with van der Waals surface area (Å²) in [5.41, 5.74) is 2.07. The van der Waals surface area contributed by atoms with Crippen LogP contribution >= 0.6 is 0 Å². The normalized spacial score (nSPS) is 16.2. The van der Waals surface area contributed by atoms with Gasteiger partial charge in [-0.3, -0.25) is 9.69 Å². The fourth-order valence-electron chi connectivity index (χ4n) is 2.35. The molecule has 5 nitrogen and oxygen atoms in total. The van der Waals surface area contributed by atoms with Crippen LogP contribution in [-0.2, 0) is 4.79 Å². The van der Waals surface area contributed by atoms with E-state index < -0.39 is 6.03 Å². The predicted octanol–water partition coefficient (Wildman–Crippen LogP) is 2.56. The number of amides is 3. The fraction of sp³-hybridized carbons (Fsp3) is 0.0588. The number of benzene rings is 1. The van der Waals surface area contributed by atoms with Gasteiger partial charge in [0, 0.05) is 24.1 Å². The van der Waals surface area contributed by atoms with Gasteiger partial charge in [-0.05, 0) is 30.3 Å². The van der Waals surface area contributed by atoms with Crippen molar-refractivity contribution in [2.75, 3.05) is 6.54 Å². The van der Waals surface area contributed by atoms with Crippen molar-refractivity contribution in [3.8, 4) is 5.69 Å². The predicted molar refractivity (Wildman–Crippen MR) is 84.2 cm³/mol. The molecule has 0 saturated carbocycles. The van der Waals surface area contributed by atoms with Crippen LogP contribution in [0.25, 0.3) is 11.8 Å². The van der Waals surface area contributed by atoms with Gasteiger partial charge < -0.3 is 9.88 Å². The number of aromatic nitrogens is 1. The number of carbonyl (C=O) groups is 2. The maximum absolute atomic E-state index is 12.2. The van der Waals surface area contributed by atoms with E-state index in [9.17, 15) is 9.59 Å². The molecule has 1 fully saturated rings. The van der Waals surface area contributed by atoms with Crippen molar-refractivity contribution in [2.24, 2.45) is 0 Å². The van der Waals surface area contributed by atoms with Crippen LogP contribution in [0, 0.1) is 0 Å². The van der Waals surface area contributed by atoms with Crippen LogP contribution in [0.5, 0.6) is 0 Å². The van der Waals surface area contributed by atoms with Crippen LogP contribution < -0.4 is 5.32 Å². The number of rotatable bonds is 4. The van der Waals surface area contributed by atoms with Crippen molar-refractivity contribution < 1.29 is 9.59 Å².